The molecule has 0 unspecified atom stereocenters. The molecule has 0 aliphatic heterocycles. The zero-order valence-electron chi connectivity index (χ0n) is 13.6. The van der Waals surface area contributed by atoms with Gasteiger partial charge in [0.15, 0.2) is 0 Å². The second-order valence-electron chi connectivity index (χ2n) is 5.37. The number of hydroxylamine groups is 1. The standard InChI is InChI=1S/C17H20N2O4S/c1-14-8-10-16(11-9-14)24(21,22)19(2)12-17(20)18-23-13-15-6-4-3-5-7-15/h3-11H,12-13H2,1-2H3,(H,18,20). The topological polar surface area (TPSA) is 75.7 Å². The molecule has 2 aromatic carbocycles. The number of hydrogen-bond donors (Lipinski definition) is 1. The number of hydrogen-bond acceptors (Lipinski definition) is 4. The van der Waals surface area contributed by atoms with Crippen molar-refractivity contribution in [2.75, 3.05) is 13.6 Å². The molecular formula is C17H20N2O4S. The van der Waals surface area contributed by atoms with E-state index < -0.39 is 15.9 Å². The molecule has 24 heavy (non-hydrogen) atoms. The predicted octanol–water partition coefficient (Wildman–Crippen LogP) is 1.86. The number of carbonyl (C=O) groups is 1. The molecule has 0 aliphatic rings. The number of sulfonamides is 1. The van der Waals surface area contributed by atoms with Gasteiger partial charge in [-0.2, -0.15) is 4.31 Å². The second kappa shape index (κ2) is 8.05. The summed E-state index contributed by atoms with van der Waals surface area (Å²) < 4.78 is 25.7. The molecule has 0 aromatic heterocycles. The van der Waals surface area contributed by atoms with Crippen molar-refractivity contribution in [2.24, 2.45) is 0 Å². The fraction of sp³-hybridized carbons (Fsp3) is 0.235. The summed E-state index contributed by atoms with van der Waals surface area (Å²) in [4.78, 5) is 17.1. The maximum atomic E-state index is 12.4. The van der Waals surface area contributed by atoms with E-state index in [0.717, 1.165) is 15.4 Å². The minimum Gasteiger partial charge on any atom is -0.271 e. The smallest absolute Gasteiger partial charge is 0.258 e. The summed E-state index contributed by atoms with van der Waals surface area (Å²) in [5, 5.41) is 0. The Morgan fingerprint density at radius 3 is 2.33 bits per heavy atom. The van der Waals surface area contributed by atoms with Crippen molar-refractivity contribution in [1.29, 1.82) is 0 Å². The average Bonchev–Trinajstić information content (AvgIpc) is 2.56. The zero-order valence-corrected chi connectivity index (χ0v) is 14.4. The van der Waals surface area contributed by atoms with E-state index in [0.29, 0.717) is 0 Å². The molecule has 0 spiro atoms. The fourth-order valence-electron chi connectivity index (χ4n) is 1.98. The molecule has 0 fully saturated rings. The Morgan fingerprint density at radius 1 is 1.08 bits per heavy atom. The Hall–Kier alpha value is -2.22. The zero-order chi connectivity index (χ0) is 17.6. The third-order valence-electron chi connectivity index (χ3n) is 3.36. The van der Waals surface area contributed by atoms with Crippen LogP contribution in [0.3, 0.4) is 0 Å². The van der Waals surface area contributed by atoms with Gasteiger partial charge in [0.25, 0.3) is 5.91 Å². The van der Waals surface area contributed by atoms with Gasteiger partial charge in [-0.25, -0.2) is 13.9 Å². The van der Waals surface area contributed by atoms with Crippen LogP contribution in [0.5, 0.6) is 0 Å². The molecule has 0 saturated carbocycles. The van der Waals surface area contributed by atoms with Crippen LogP contribution in [-0.2, 0) is 26.3 Å². The van der Waals surface area contributed by atoms with Crippen LogP contribution in [0.2, 0.25) is 0 Å². The monoisotopic (exact) mass is 348 g/mol. The van der Waals surface area contributed by atoms with E-state index in [9.17, 15) is 13.2 Å². The van der Waals surface area contributed by atoms with Crippen LogP contribution >= 0.6 is 0 Å². The molecule has 0 aliphatic carbocycles. The largest absolute Gasteiger partial charge is 0.271 e. The van der Waals surface area contributed by atoms with Crippen LogP contribution in [-0.4, -0.2) is 32.2 Å². The molecule has 7 heteroatoms. The van der Waals surface area contributed by atoms with Crippen molar-refractivity contribution in [2.45, 2.75) is 18.4 Å². The van der Waals surface area contributed by atoms with E-state index in [2.05, 4.69) is 5.48 Å². The maximum Gasteiger partial charge on any atom is 0.258 e. The SMILES string of the molecule is Cc1ccc(S(=O)(=O)N(C)CC(=O)NOCc2ccccc2)cc1. The lowest BCUT2D eigenvalue weighted by Crippen LogP contribution is -2.38. The van der Waals surface area contributed by atoms with Crippen LogP contribution in [0, 0.1) is 6.92 Å². The molecule has 6 nitrogen and oxygen atoms in total. The summed E-state index contributed by atoms with van der Waals surface area (Å²) >= 11 is 0. The van der Waals surface area contributed by atoms with Crippen LogP contribution < -0.4 is 5.48 Å². The Kier molecular flexibility index (Phi) is 6.08. The van der Waals surface area contributed by atoms with Crippen molar-refractivity contribution in [3.63, 3.8) is 0 Å². The van der Waals surface area contributed by atoms with E-state index in [1.54, 1.807) is 12.1 Å². The molecule has 128 valence electrons. The summed E-state index contributed by atoms with van der Waals surface area (Å²) in [5.41, 5.74) is 4.11. The van der Waals surface area contributed by atoms with Crippen LogP contribution in [0.4, 0.5) is 0 Å². The minimum atomic E-state index is -3.71. The Balaban J connectivity index is 1.87. The fourth-order valence-corrected chi connectivity index (χ4v) is 3.11. The number of likely N-dealkylation sites (N-methyl/N-ethyl adjacent to an activating group) is 1. The first kappa shape index (κ1) is 18.1. The van der Waals surface area contributed by atoms with E-state index in [1.165, 1.54) is 19.2 Å². The third kappa shape index (κ3) is 4.89. The van der Waals surface area contributed by atoms with Gasteiger partial charge < -0.3 is 0 Å². The first-order valence-electron chi connectivity index (χ1n) is 7.37. The van der Waals surface area contributed by atoms with Crippen molar-refractivity contribution in [3.05, 3.63) is 65.7 Å². The number of carbonyl (C=O) groups excluding carboxylic acids is 1. The normalized spacial score (nSPS) is 11.5. The first-order valence-corrected chi connectivity index (χ1v) is 8.81. The van der Waals surface area contributed by atoms with Gasteiger partial charge in [-0.05, 0) is 24.6 Å². The highest BCUT2D eigenvalue weighted by atomic mass is 32.2. The molecule has 0 heterocycles. The van der Waals surface area contributed by atoms with E-state index in [4.69, 9.17) is 4.84 Å². The highest BCUT2D eigenvalue weighted by Crippen LogP contribution is 2.14. The summed E-state index contributed by atoms with van der Waals surface area (Å²) in [7, 11) is -2.36. The number of rotatable bonds is 7. The Labute approximate surface area is 142 Å². The number of nitrogens with zero attached hydrogens (tertiary/aromatic N) is 1. The van der Waals surface area contributed by atoms with Gasteiger partial charge in [0, 0.05) is 7.05 Å². The van der Waals surface area contributed by atoms with Crippen LogP contribution in [0.15, 0.2) is 59.5 Å². The van der Waals surface area contributed by atoms with Crippen molar-refractivity contribution in [3.8, 4) is 0 Å². The lowest BCUT2D eigenvalue weighted by molar-refractivity contribution is -0.134. The van der Waals surface area contributed by atoms with Crippen molar-refractivity contribution in [1.82, 2.24) is 9.79 Å². The molecule has 0 atom stereocenters. The van der Waals surface area contributed by atoms with Gasteiger partial charge in [0.1, 0.15) is 0 Å². The van der Waals surface area contributed by atoms with E-state index in [-0.39, 0.29) is 18.0 Å². The first-order chi connectivity index (χ1) is 11.4. The highest BCUT2D eigenvalue weighted by Gasteiger charge is 2.22. The second-order valence-corrected chi connectivity index (χ2v) is 7.42. The van der Waals surface area contributed by atoms with Crippen molar-refractivity contribution >= 4 is 15.9 Å². The van der Waals surface area contributed by atoms with E-state index >= 15 is 0 Å². The Morgan fingerprint density at radius 2 is 1.71 bits per heavy atom. The molecule has 2 aromatic rings. The van der Waals surface area contributed by atoms with Gasteiger partial charge in [-0.1, -0.05) is 48.0 Å². The number of aryl methyl sites for hydroxylation is 1. The third-order valence-corrected chi connectivity index (χ3v) is 5.18. The lowest BCUT2D eigenvalue weighted by atomic mass is 10.2. The van der Waals surface area contributed by atoms with Gasteiger partial charge >= 0.3 is 0 Å². The van der Waals surface area contributed by atoms with E-state index in [1.807, 2.05) is 37.3 Å². The molecular weight excluding hydrogens is 328 g/mol. The van der Waals surface area contributed by atoms with Crippen molar-refractivity contribution < 1.29 is 18.0 Å². The predicted molar refractivity (Wildman–Crippen MR) is 90.4 cm³/mol. The molecule has 2 rings (SSSR count). The molecule has 0 bridgehead atoms. The molecule has 1 N–H and O–H groups in total. The lowest BCUT2D eigenvalue weighted by Gasteiger charge is -2.17. The molecule has 0 radical (unpaired) electrons. The minimum absolute atomic E-state index is 0.147. The maximum absolute atomic E-state index is 12.4. The van der Waals surface area contributed by atoms with Crippen LogP contribution in [0.1, 0.15) is 11.1 Å². The summed E-state index contributed by atoms with van der Waals surface area (Å²) in [6.07, 6.45) is 0. The highest BCUT2D eigenvalue weighted by molar-refractivity contribution is 7.89. The Bertz CT molecular complexity index is 774. The quantitative estimate of drug-likeness (QED) is 0.775. The number of benzene rings is 2. The number of amides is 1. The average molecular weight is 348 g/mol. The van der Waals surface area contributed by atoms with Gasteiger partial charge in [-0.15, -0.1) is 0 Å². The van der Waals surface area contributed by atoms with Crippen LogP contribution in [0.25, 0.3) is 0 Å². The summed E-state index contributed by atoms with van der Waals surface area (Å²) in [6.45, 7) is 1.75. The molecule has 0 saturated heterocycles. The van der Waals surface area contributed by atoms with Gasteiger partial charge in [-0.3, -0.25) is 9.63 Å². The number of nitrogens with one attached hydrogen (secondary N) is 1. The molecule has 1 amide bonds. The summed E-state index contributed by atoms with van der Waals surface area (Å²) in [6, 6.07) is 15.8. The van der Waals surface area contributed by atoms with Gasteiger partial charge in [0.2, 0.25) is 10.0 Å². The summed E-state index contributed by atoms with van der Waals surface area (Å²) in [5.74, 6) is -0.538. The van der Waals surface area contributed by atoms with Gasteiger partial charge in [0.05, 0.1) is 18.0 Å².